The van der Waals surface area contributed by atoms with Gasteiger partial charge < -0.3 is 14.8 Å². The van der Waals surface area contributed by atoms with Gasteiger partial charge in [0.2, 0.25) is 0 Å². The van der Waals surface area contributed by atoms with Crippen LogP contribution in [0.1, 0.15) is 39.5 Å². The maximum atomic E-state index is 5.37. The highest BCUT2D eigenvalue weighted by atomic mass is 16.5. The SMILES string of the molecule is COCCNCCCCCC(C)(C)OC. The molecule has 3 heteroatoms. The third-order valence-corrected chi connectivity index (χ3v) is 2.67. The number of methoxy groups -OCH3 is 2. The van der Waals surface area contributed by atoms with Crippen molar-refractivity contribution in [1.29, 1.82) is 0 Å². The number of hydrogen-bond acceptors (Lipinski definition) is 3. The van der Waals surface area contributed by atoms with Crippen LogP contribution in [-0.2, 0) is 9.47 Å². The van der Waals surface area contributed by atoms with Crippen LogP contribution in [0, 0.1) is 0 Å². The predicted octanol–water partition coefficient (Wildman–Crippen LogP) is 2.21. The van der Waals surface area contributed by atoms with E-state index in [2.05, 4.69) is 19.2 Å². The molecule has 1 N–H and O–H groups in total. The van der Waals surface area contributed by atoms with Crippen molar-refractivity contribution in [3.8, 4) is 0 Å². The second-order valence-electron chi connectivity index (χ2n) is 4.52. The van der Waals surface area contributed by atoms with Crippen LogP contribution < -0.4 is 5.32 Å². The van der Waals surface area contributed by atoms with Crippen LogP contribution in [0.15, 0.2) is 0 Å². The molecule has 0 fully saturated rings. The summed E-state index contributed by atoms with van der Waals surface area (Å²) in [5, 5.41) is 3.34. The van der Waals surface area contributed by atoms with Gasteiger partial charge in [-0.2, -0.15) is 0 Å². The molecule has 0 aromatic heterocycles. The number of rotatable bonds is 10. The van der Waals surface area contributed by atoms with Gasteiger partial charge in [-0.25, -0.2) is 0 Å². The van der Waals surface area contributed by atoms with E-state index in [4.69, 9.17) is 9.47 Å². The normalized spacial score (nSPS) is 12.0. The summed E-state index contributed by atoms with van der Waals surface area (Å²) in [5.74, 6) is 0. The average Bonchev–Trinajstić information content (AvgIpc) is 2.22. The summed E-state index contributed by atoms with van der Waals surface area (Å²) in [6.07, 6.45) is 4.89. The molecular weight excluding hydrogens is 190 g/mol. The minimum absolute atomic E-state index is 0.0451. The molecule has 0 aliphatic heterocycles. The summed E-state index contributed by atoms with van der Waals surface area (Å²) in [6.45, 7) is 7.14. The Morgan fingerprint density at radius 1 is 1.00 bits per heavy atom. The molecule has 92 valence electrons. The minimum Gasteiger partial charge on any atom is -0.383 e. The second kappa shape index (κ2) is 9.13. The van der Waals surface area contributed by atoms with E-state index in [1.807, 2.05) is 0 Å². The van der Waals surface area contributed by atoms with E-state index in [0.717, 1.165) is 26.1 Å². The average molecular weight is 217 g/mol. The zero-order valence-corrected chi connectivity index (χ0v) is 10.8. The first-order valence-electron chi connectivity index (χ1n) is 5.87. The Balaban J connectivity index is 3.11. The van der Waals surface area contributed by atoms with E-state index in [1.54, 1.807) is 14.2 Å². The van der Waals surface area contributed by atoms with Crippen LogP contribution in [0.3, 0.4) is 0 Å². The van der Waals surface area contributed by atoms with Gasteiger partial charge >= 0.3 is 0 Å². The van der Waals surface area contributed by atoms with Crippen LogP contribution >= 0.6 is 0 Å². The van der Waals surface area contributed by atoms with E-state index >= 15 is 0 Å². The summed E-state index contributed by atoms with van der Waals surface area (Å²) in [4.78, 5) is 0. The fraction of sp³-hybridized carbons (Fsp3) is 1.00. The van der Waals surface area contributed by atoms with Crippen molar-refractivity contribution < 1.29 is 9.47 Å². The third-order valence-electron chi connectivity index (χ3n) is 2.67. The number of hydrogen-bond donors (Lipinski definition) is 1. The van der Waals surface area contributed by atoms with Gasteiger partial charge in [0.05, 0.1) is 12.2 Å². The molecule has 0 aliphatic carbocycles. The third kappa shape index (κ3) is 10.2. The van der Waals surface area contributed by atoms with Gasteiger partial charge in [-0.15, -0.1) is 0 Å². The lowest BCUT2D eigenvalue weighted by Gasteiger charge is -2.22. The molecule has 0 saturated heterocycles. The van der Waals surface area contributed by atoms with Crippen molar-refractivity contribution in [2.24, 2.45) is 0 Å². The first-order valence-corrected chi connectivity index (χ1v) is 5.87. The molecule has 0 aromatic rings. The van der Waals surface area contributed by atoms with Crippen molar-refractivity contribution in [1.82, 2.24) is 5.32 Å². The van der Waals surface area contributed by atoms with Gasteiger partial charge in [-0.05, 0) is 33.2 Å². The first-order chi connectivity index (χ1) is 7.12. The van der Waals surface area contributed by atoms with Crippen molar-refractivity contribution in [3.05, 3.63) is 0 Å². The summed E-state index contributed by atoms with van der Waals surface area (Å²) >= 11 is 0. The Kier molecular flexibility index (Phi) is 9.06. The van der Waals surface area contributed by atoms with Crippen molar-refractivity contribution in [3.63, 3.8) is 0 Å². The maximum absolute atomic E-state index is 5.37. The highest BCUT2D eigenvalue weighted by Gasteiger charge is 2.14. The zero-order chi connectivity index (χ0) is 11.6. The highest BCUT2D eigenvalue weighted by Crippen LogP contribution is 2.16. The van der Waals surface area contributed by atoms with Gasteiger partial charge in [0, 0.05) is 20.8 Å². The fourth-order valence-corrected chi connectivity index (χ4v) is 1.38. The number of unbranched alkanes of at least 4 members (excludes halogenated alkanes) is 2. The molecule has 0 rings (SSSR count). The van der Waals surface area contributed by atoms with E-state index in [0.29, 0.717) is 0 Å². The zero-order valence-electron chi connectivity index (χ0n) is 10.8. The molecule has 0 saturated carbocycles. The predicted molar refractivity (Wildman–Crippen MR) is 64.3 cm³/mol. The van der Waals surface area contributed by atoms with E-state index in [1.165, 1.54) is 19.3 Å². The molecule has 0 amide bonds. The van der Waals surface area contributed by atoms with E-state index in [-0.39, 0.29) is 5.60 Å². The second-order valence-corrected chi connectivity index (χ2v) is 4.52. The molecule has 15 heavy (non-hydrogen) atoms. The lowest BCUT2D eigenvalue weighted by Crippen LogP contribution is -2.22. The standard InChI is InChI=1S/C12H27NO2/c1-12(2,15-4)8-6-5-7-9-13-10-11-14-3/h13H,5-11H2,1-4H3. The van der Waals surface area contributed by atoms with Crippen molar-refractivity contribution >= 4 is 0 Å². The molecule has 0 unspecified atom stereocenters. The molecule has 0 aromatic carbocycles. The maximum Gasteiger partial charge on any atom is 0.0622 e. The first kappa shape index (κ1) is 14.9. The number of nitrogens with one attached hydrogen (secondary N) is 1. The summed E-state index contributed by atoms with van der Waals surface area (Å²) in [5.41, 5.74) is 0.0451. The van der Waals surface area contributed by atoms with Gasteiger partial charge in [-0.1, -0.05) is 12.8 Å². The van der Waals surface area contributed by atoms with Crippen LogP contribution in [0.25, 0.3) is 0 Å². The lowest BCUT2D eigenvalue weighted by atomic mass is 10.0. The van der Waals surface area contributed by atoms with Crippen LogP contribution in [-0.4, -0.2) is 39.5 Å². The molecule has 0 atom stereocenters. The van der Waals surface area contributed by atoms with Crippen molar-refractivity contribution in [2.75, 3.05) is 33.9 Å². The Hall–Kier alpha value is -0.120. The van der Waals surface area contributed by atoms with Gasteiger partial charge in [0.25, 0.3) is 0 Å². The Morgan fingerprint density at radius 2 is 1.73 bits per heavy atom. The fourth-order valence-electron chi connectivity index (χ4n) is 1.38. The Labute approximate surface area is 94.5 Å². The molecule has 0 radical (unpaired) electrons. The lowest BCUT2D eigenvalue weighted by molar-refractivity contribution is 0.0134. The van der Waals surface area contributed by atoms with Crippen LogP contribution in [0.5, 0.6) is 0 Å². The molecule has 0 spiro atoms. The Morgan fingerprint density at radius 3 is 2.33 bits per heavy atom. The van der Waals surface area contributed by atoms with E-state index < -0.39 is 0 Å². The van der Waals surface area contributed by atoms with Crippen molar-refractivity contribution in [2.45, 2.75) is 45.1 Å². The van der Waals surface area contributed by atoms with Crippen LogP contribution in [0.4, 0.5) is 0 Å². The molecule has 0 bridgehead atoms. The quantitative estimate of drug-likeness (QED) is 0.569. The smallest absolute Gasteiger partial charge is 0.0622 e. The largest absolute Gasteiger partial charge is 0.383 e. The topological polar surface area (TPSA) is 30.5 Å². The molecule has 0 heterocycles. The Bertz CT molecular complexity index is 138. The molecular formula is C12H27NO2. The minimum atomic E-state index is 0.0451. The summed E-state index contributed by atoms with van der Waals surface area (Å²) < 4.78 is 10.3. The van der Waals surface area contributed by atoms with Gasteiger partial charge in [-0.3, -0.25) is 0 Å². The summed E-state index contributed by atoms with van der Waals surface area (Å²) in [6, 6.07) is 0. The number of ether oxygens (including phenoxy) is 2. The van der Waals surface area contributed by atoms with E-state index in [9.17, 15) is 0 Å². The van der Waals surface area contributed by atoms with Crippen LogP contribution in [0.2, 0.25) is 0 Å². The molecule has 0 aliphatic rings. The monoisotopic (exact) mass is 217 g/mol. The van der Waals surface area contributed by atoms with Gasteiger partial charge in [0.15, 0.2) is 0 Å². The highest BCUT2D eigenvalue weighted by molar-refractivity contribution is 4.67. The van der Waals surface area contributed by atoms with Gasteiger partial charge in [0.1, 0.15) is 0 Å². The molecule has 3 nitrogen and oxygen atoms in total. The summed E-state index contributed by atoms with van der Waals surface area (Å²) in [7, 11) is 3.51.